The second kappa shape index (κ2) is 8.98. The third-order valence-corrected chi connectivity index (χ3v) is 3.74. The van der Waals surface area contributed by atoms with Crippen molar-refractivity contribution in [1.82, 2.24) is 9.97 Å². The van der Waals surface area contributed by atoms with Gasteiger partial charge < -0.3 is 15.5 Å². The van der Waals surface area contributed by atoms with Gasteiger partial charge in [0.2, 0.25) is 5.95 Å². The largest absolute Gasteiger partial charge is 0.372 e. The highest BCUT2D eigenvalue weighted by molar-refractivity contribution is 5.59. The van der Waals surface area contributed by atoms with Crippen LogP contribution >= 0.6 is 0 Å². The molecule has 0 amide bonds. The van der Waals surface area contributed by atoms with Crippen molar-refractivity contribution in [2.45, 2.75) is 33.6 Å². The van der Waals surface area contributed by atoms with E-state index in [0.717, 1.165) is 37.6 Å². The number of nitrogens with one attached hydrogen (secondary N) is 2. The maximum Gasteiger partial charge on any atom is 0.229 e. The van der Waals surface area contributed by atoms with E-state index in [1.165, 1.54) is 12.1 Å². The first-order chi connectivity index (χ1) is 11.3. The normalized spacial score (nSPS) is 10.4. The highest BCUT2D eigenvalue weighted by Gasteiger charge is 2.03. The molecule has 0 aliphatic heterocycles. The Morgan fingerprint density at radius 3 is 2.39 bits per heavy atom. The molecule has 5 heteroatoms. The summed E-state index contributed by atoms with van der Waals surface area (Å²) in [6.07, 6.45) is 4.08. The second-order valence-electron chi connectivity index (χ2n) is 5.39. The molecule has 2 aromatic rings. The van der Waals surface area contributed by atoms with Crippen LogP contribution in [0.25, 0.3) is 0 Å². The summed E-state index contributed by atoms with van der Waals surface area (Å²) in [6, 6.07) is 10.3. The molecule has 1 aromatic heterocycles. The van der Waals surface area contributed by atoms with Crippen molar-refractivity contribution >= 4 is 23.1 Å². The Hall–Kier alpha value is -2.30. The van der Waals surface area contributed by atoms with Gasteiger partial charge >= 0.3 is 0 Å². The third-order valence-electron chi connectivity index (χ3n) is 3.74. The molecular formula is C18H27N5. The molecular weight excluding hydrogens is 286 g/mol. The minimum Gasteiger partial charge on any atom is -0.372 e. The average Bonchev–Trinajstić information content (AvgIpc) is 2.58. The Labute approximate surface area is 139 Å². The molecule has 124 valence electrons. The monoisotopic (exact) mass is 313 g/mol. The minimum absolute atomic E-state index is 0.613. The van der Waals surface area contributed by atoms with Crippen molar-refractivity contribution in [3.8, 4) is 0 Å². The van der Waals surface area contributed by atoms with Gasteiger partial charge in [0, 0.05) is 37.2 Å². The van der Waals surface area contributed by atoms with Crippen molar-refractivity contribution in [3.63, 3.8) is 0 Å². The summed E-state index contributed by atoms with van der Waals surface area (Å²) in [6.45, 7) is 9.47. The maximum atomic E-state index is 4.49. The molecule has 1 aromatic carbocycles. The van der Waals surface area contributed by atoms with Crippen LogP contribution in [0, 0.1) is 0 Å². The van der Waals surface area contributed by atoms with Crippen molar-refractivity contribution in [2.24, 2.45) is 0 Å². The highest BCUT2D eigenvalue weighted by Crippen LogP contribution is 2.20. The van der Waals surface area contributed by atoms with E-state index in [9.17, 15) is 0 Å². The number of hydrogen-bond donors (Lipinski definition) is 2. The Kier molecular flexibility index (Phi) is 6.66. The van der Waals surface area contributed by atoms with Crippen molar-refractivity contribution in [2.75, 3.05) is 35.2 Å². The van der Waals surface area contributed by atoms with Crippen LogP contribution in [0.4, 0.5) is 23.1 Å². The Balaban J connectivity index is 2.00. The van der Waals surface area contributed by atoms with Crippen LogP contribution in [0.5, 0.6) is 0 Å². The van der Waals surface area contributed by atoms with E-state index in [1.54, 1.807) is 6.20 Å². The first-order valence-corrected chi connectivity index (χ1v) is 8.45. The molecule has 0 radical (unpaired) electrons. The van der Waals surface area contributed by atoms with Crippen LogP contribution in [0.1, 0.15) is 33.6 Å². The Morgan fingerprint density at radius 1 is 1.00 bits per heavy atom. The van der Waals surface area contributed by atoms with Crippen molar-refractivity contribution < 1.29 is 0 Å². The number of unbranched alkanes of at least 4 members (excludes halogenated alkanes) is 1. The molecule has 5 nitrogen and oxygen atoms in total. The number of hydrogen-bond acceptors (Lipinski definition) is 5. The number of nitrogens with zero attached hydrogens (tertiary/aromatic N) is 3. The molecule has 0 aliphatic rings. The van der Waals surface area contributed by atoms with Gasteiger partial charge in [0.15, 0.2) is 0 Å². The number of rotatable bonds is 9. The smallest absolute Gasteiger partial charge is 0.229 e. The first kappa shape index (κ1) is 17.1. The fraction of sp³-hybridized carbons (Fsp3) is 0.444. The predicted octanol–water partition coefficient (Wildman–Crippen LogP) is 4.28. The molecule has 2 N–H and O–H groups in total. The van der Waals surface area contributed by atoms with Gasteiger partial charge in [0.25, 0.3) is 0 Å². The fourth-order valence-corrected chi connectivity index (χ4v) is 2.38. The molecule has 23 heavy (non-hydrogen) atoms. The van der Waals surface area contributed by atoms with Crippen LogP contribution in [0.3, 0.4) is 0 Å². The van der Waals surface area contributed by atoms with Gasteiger partial charge in [0.05, 0.1) is 0 Å². The second-order valence-corrected chi connectivity index (χ2v) is 5.39. The number of anilines is 4. The standard InChI is InChI=1S/C18H27N5/c1-4-7-13-19-17-12-14-20-18(22-17)21-15-8-10-16(11-9-15)23(5-2)6-3/h8-12,14H,4-7,13H2,1-3H3,(H2,19,20,21,22). The van der Waals surface area contributed by atoms with Crippen LogP contribution < -0.4 is 15.5 Å². The summed E-state index contributed by atoms with van der Waals surface area (Å²) < 4.78 is 0. The van der Waals surface area contributed by atoms with E-state index in [4.69, 9.17) is 0 Å². The summed E-state index contributed by atoms with van der Waals surface area (Å²) in [5.41, 5.74) is 2.23. The highest BCUT2D eigenvalue weighted by atomic mass is 15.1. The minimum atomic E-state index is 0.613. The van der Waals surface area contributed by atoms with E-state index < -0.39 is 0 Å². The molecule has 0 atom stereocenters. The molecule has 2 rings (SSSR count). The Bertz CT molecular complexity index is 578. The van der Waals surface area contributed by atoms with Gasteiger partial charge in [0.1, 0.15) is 5.82 Å². The van der Waals surface area contributed by atoms with E-state index >= 15 is 0 Å². The summed E-state index contributed by atoms with van der Waals surface area (Å²) in [7, 11) is 0. The fourth-order valence-electron chi connectivity index (χ4n) is 2.38. The first-order valence-electron chi connectivity index (χ1n) is 8.45. The molecule has 0 saturated carbocycles. The van der Waals surface area contributed by atoms with Crippen LogP contribution in [-0.2, 0) is 0 Å². The van der Waals surface area contributed by atoms with Crippen LogP contribution in [0.2, 0.25) is 0 Å². The average molecular weight is 313 g/mol. The van der Waals surface area contributed by atoms with Gasteiger partial charge in [-0.25, -0.2) is 4.98 Å². The number of benzene rings is 1. The lowest BCUT2D eigenvalue weighted by molar-refractivity contribution is 0.830. The lowest BCUT2D eigenvalue weighted by atomic mass is 10.2. The van der Waals surface area contributed by atoms with Crippen LogP contribution in [-0.4, -0.2) is 29.6 Å². The summed E-state index contributed by atoms with van der Waals surface area (Å²) in [5, 5.41) is 6.57. The van der Waals surface area contributed by atoms with Crippen LogP contribution in [0.15, 0.2) is 36.5 Å². The molecule has 0 spiro atoms. The maximum absolute atomic E-state index is 4.49. The molecule has 0 bridgehead atoms. The van der Waals surface area contributed by atoms with Gasteiger partial charge in [-0.3, -0.25) is 0 Å². The zero-order chi connectivity index (χ0) is 16.5. The molecule has 0 unspecified atom stereocenters. The molecule has 0 fully saturated rings. The van der Waals surface area contributed by atoms with E-state index in [2.05, 4.69) is 70.5 Å². The lowest BCUT2D eigenvalue weighted by Gasteiger charge is -2.21. The zero-order valence-corrected chi connectivity index (χ0v) is 14.3. The van der Waals surface area contributed by atoms with Gasteiger partial charge in [-0.1, -0.05) is 13.3 Å². The molecule has 0 saturated heterocycles. The summed E-state index contributed by atoms with van der Waals surface area (Å²) in [5.74, 6) is 1.47. The summed E-state index contributed by atoms with van der Waals surface area (Å²) in [4.78, 5) is 11.1. The topological polar surface area (TPSA) is 53.1 Å². The lowest BCUT2D eigenvalue weighted by Crippen LogP contribution is -2.21. The van der Waals surface area contributed by atoms with Crippen molar-refractivity contribution in [1.29, 1.82) is 0 Å². The Morgan fingerprint density at radius 2 is 1.74 bits per heavy atom. The van der Waals surface area contributed by atoms with E-state index in [1.807, 2.05) is 6.07 Å². The quantitative estimate of drug-likeness (QED) is 0.677. The SMILES string of the molecule is CCCCNc1ccnc(Nc2ccc(N(CC)CC)cc2)n1. The van der Waals surface area contributed by atoms with Gasteiger partial charge in [-0.15, -0.1) is 0 Å². The van der Waals surface area contributed by atoms with E-state index in [-0.39, 0.29) is 0 Å². The van der Waals surface area contributed by atoms with Gasteiger partial charge in [-0.2, -0.15) is 4.98 Å². The zero-order valence-electron chi connectivity index (χ0n) is 14.3. The molecule has 1 heterocycles. The van der Waals surface area contributed by atoms with E-state index in [0.29, 0.717) is 5.95 Å². The predicted molar refractivity (Wildman–Crippen MR) is 98.7 cm³/mol. The number of aromatic nitrogens is 2. The van der Waals surface area contributed by atoms with Crippen molar-refractivity contribution in [3.05, 3.63) is 36.5 Å². The van der Waals surface area contributed by atoms with Gasteiger partial charge in [-0.05, 0) is 50.6 Å². The third kappa shape index (κ3) is 5.13. The summed E-state index contributed by atoms with van der Waals surface area (Å²) >= 11 is 0. The molecule has 0 aliphatic carbocycles.